The van der Waals surface area contributed by atoms with Gasteiger partial charge in [0.2, 0.25) is 0 Å². The molecule has 0 bridgehead atoms. The van der Waals surface area contributed by atoms with E-state index in [0.29, 0.717) is 25.6 Å². The van der Waals surface area contributed by atoms with Gasteiger partial charge in [-0.15, -0.1) is 0 Å². The molecule has 98 valence electrons. The molecule has 18 heavy (non-hydrogen) atoms. The number of aromatic carboxylic acids is 1. The number of carboxylic acid groups (broad SMARTS) is 1. The van der Waals surface area contributed by atoms with Gasteiger partial charge < -0.3 is 14.7 Å². The molecule has 0 unspecified atom stereocenters. The molecule has 2 heterocycles. The number of ether oxygens (including phenoxy) is 1. The fourth-order valence-electron chi connectivity index (χ4n) is 2.05. The first-order valence-electron chi connectivity index (χ1n) is 5.67. The van der Waals surface area contributed by atoms with Gasteiger partial charge in [-0.25, -0.2) is 9.78 Å². The predicted molar refractivity (Wildman–Crippen MR) is 68.5 cm³/mol. The molecule has 1 aliphatic rings. The van der Waals surface area contributed by atoms with Gasteiger partial charge >= 0.3 is 5.97 Å². The molecule has 0 spiro atoms. The summed E-state index contributed by atoms with van der Waals surface area (Å²) in [5, 5.41) is 9.51. The molecule has 5 nitrogen and oxygen atoms in total. The molecule has 1 saturated heterocycles. The van der Waals surface area contributed by atoms with E-state index in [0.717, 1.165) is 0 Å². The molecule has 0 radical (unpaired) electrons. The SMILES string of the molecule is CC1(C)COCCN1c1nc(Cl)ccc1C(=O)O. The van der Waals surface area contributed by atoms with Crippen LogP contribution in [0.3, 0.4) is 0 Å². The van der Waals surface area contributed by atoms with E-state index in [-0.39, 0.29) is 16.3 Å². The fraction of sp³-hybridized carbons (Fsp3) is 0.500. The normalized spacial score (nSPS) is 18.7. The molecule has 2 rings (SSSR count). The highest BCUT2D eigenvalue weighted by atomic mass is 35.5. The van der Waals surface area contributed by atoms with Crippen molar-refractivity contribution in [2.45, 2.75) is 19.4 Å². The molecule has 0 amide bonds. The molecule has 1 aromatic heterocycles. The first-order chi connectivity index (χ1) is 8.42. The average Bonchev–Trinajstić information content (AvgIpc) is 2.27. The molecule has 0 saturated carbocycles. The van der Waals surface area contributed by atoms with Crippen LogP contribution in [0.2, 0.25) is 5.15 Å². The molecular weight excluding hydrogens is 256 g/mol. The number of hydrogen-bond donors (Lipinski definition) is 1. The Morgan fingerprint density at radius 2 is 2.28 bits per heavy atom. The van der Waals surface area contributed by atoms with Gasteiger partial charge in [-0.2, -0.15) is 0 Å². The van der Waals surface area contributed by atoms with Gasteiger partial charge in [0.1, 0.15) is 16.5 Å². The summed E-state index contributed by atoms with van der Waals surface area (Å²) in [6.45, 7) is 5.65. The Labute approximate surface area is 110 Å². The molecule has 1 aliphatic heterocycles. The number of morpholine rings is 1. The Balaban J connectivity index is 2.48. The Morgan fingerprint density at radius 3 is 2.89 bits per heavy atom. The van der Waals surface area contributed by atoms with Crippen molar-refractivity contribution in [3.63, 3.8) is 0 Å². The third-order valence-electron chi connectivity index (χ3n) is 2.97. The van der Waals surface area contributed by atoms with Crippen LogP contribution >= 0.6 is 11.6 Å². The predicted octanol–water partition coefficient (Wildman–Crippen LogP) is 2.05. The standard InChI is InChI=1S/C12H15ClN2O3/c1-12(2)7-18-6-5-15(12)10-8(11(16)17)3-4-9(13)14-10/h3-4H,5-7H2,1-2H3,(H,16,17). The number of carboxylic acids is 1. The second-order valence-electron chi connectivity index (χ2n) is 4.83. The van der Waals surface area contributed by atoms with Crippen LogP contribution in [0.25, 0.3) is 0 Å². The van der Waals surface area contributed by atoms with Gasteiger partial charge in [-0.1, -0.05) is 11.6 Å². The largest absolute Gasteiger partial charge is 0.478 e. The van der Waals surface area contributed by atoms with Crippen molar-refractivity contribution in [2.24, 2.45) is 0 Å². The van der Waals surface area contributed by atoms with Crippen molar-refractivity contribution in [3.8, 4) is 0 Å². The number of rotatable bonds is 2. The van der Waals surface area contributed by atoms with Crippen LogP contribution < -0.4 is 4.90 Å². The monoisotopic (exact) mass is 270 g/mol. The summed E-state index contributed by atoms with van der Waals surface area (Å²) in [4.78, 5) is 17.4. The summed E-state index contributed by atoms with van der Waals surface area (Å²) in [5.74, 6) is -0.597. The Kier molecular flexibility index (Phi) is 3.45. The minimum absolute atomic E-state index is 0.161. The Bertz CT molecular complexity index is 476. The lowest BCUT2D eigenvalue weighted by Gasteiger charge is -2.43. The lowest BCUT2D eigenvalue weighted by atomic mass is 10.0. The summed E-state index contributed by atoms with van der Waals surface area (Å²) in [6.07, 6.45) is 0. The average molecular weight is 271 g/mol. The fourth-order valence-corrected chi connectivity index (χ4v) is 2.19. The summed E-state index contributed by atoms with van der Waals surface area (Å²) in [5.41, 5.74) is -0.144. The van der Waals surface area contributed by atoms with Gasteiger partial charge in [0, 0.05) is 6.54 Å². The highest BCUT2D eigenvalue weighted by Gasteiger charge is 2.34. The van der Waals surface area contributed by atoms with E-state index in [1.165, 1.54) is 12.1 Å². The molecule has 0 aliphatic carbocycles. The second-order valence-corrected chi connectivity index (χ2v) is 5.21. The summed E-state index contributed by atoms with van der Waals surface area (Å²) < 4.78 is 5.42. The van der Waals surface area contributed by atoms with E-state index in [4.69, 9.17) is 16.3 Å². The van der Waals surface area contributed by atoms with E-state index in [2.05, 4.69) is 4.98 Å². The number of pyridine rings is 1. The minimum atomic E-state index is -1.00. The number of aromatic nitrogens is 1. The van der Waals surface area contributed by atoms with Crippen LogP contribution in [-0.4, -0.2) is 41.4 Å². The van der Waals surface area contributed by atoms with Crippen LogP contribution in [0.15, 0.2) is 12.1 Å². The van der Waals surface area contributed by atoms with Crippen LogP contribution in [0.1, 0.15) is 24.2 Å². The third kappa shape index (κ3) is 2.42. The van der Waals surface area contributed by atoms with Crippen LogP contribution in [0, 0.1) is 0 Å². The van der Waals surface area contributed by atoms with Crippen molar-refractivity contribution >= 4 is 23.4 Å². The number of carbonyl (C=O) groups is 1. The molecule has 0 atom stereocenters. The highest BCUT2D eigenvalue weighted by molar-refractivity contribution is 6.29. The highest BCUT2D eigenvalue weighted by Crippen LogP contribution is 2.29. The van der Waals surface area contributed by atoms with Gasteiger partial charge in [0.15, 0.2) is 0 Å². The lowest BCUT2D eigenvalue weighted by Crippen LogP contribution is -2.54. The maximum atomic E-state index is 11.2. The van der Waals surface area contributed by atoms with E-state index < -0.39 is 5.97 Å². The zero-order valence-corrected chi connectivity index (χ0v) is 11.1. The number of hydrogen-bond acceptors (Lipinski definition) is 4. The smallest absolute Gasteiger partial charge is 0.339 e. The summed E-state index contributed by atoms with van der Waals surface area (Å²) in [7, 11) is 0. The Hall–Kier alpha value is -1.33. The van der Waals surface area contributed by atoms with Crippen molar-refractivity contribution in [2.75, 3.05) is 24.7 Å². The van der Waals surface area contributed by atoms with Crippen molar-refractivity contribution in [1.29, 1.82) is 0 Å². The van der Waals surface area contributed by atoms with E-state index in [1.54, 1.807) is 0 Å². The van der Waals surface area contributed by atoms with E-state index in [1.807, 2.05) is 18.7 Å². The van der Waals surface area contributed by atoms with E-state index >= 15 is 0 Å². The van der Waals surface area contributed by atoms with Crippen LogP contribution in [-0.2, 0) is 4.74 Å². The molecule has 6 heteroatoms. The lowest BCUT2D eigenvalue weighted by molar-refractivity contribution is 0.0624. The van der Waals surface area contributed by atoms with Crippen molar-refractivity contribution < 1.29 is 14.6 Å². The van der Waals surface area contributed by atoms with Crippen LogP contribution in [0.5, 0.6) is 0 Å². The second kappa shape index (κ2) is 4.74. The quantitative estimate of drug-likeness (QED) is 0.834. The van der Waals surface area contributed by atoms with E-state index in [9.17, 15) is 9.90 Å². The zero-order chi connectivity index (χ0) is 13.3. The first kappa shape index (κ1) is 13.1. The zero-order valence-electron chi connectivity index (χ0n) is 10.3. The number of nitrogens with zero attached hydrogens (tertiary/aromatic N) is 2. The van der Waals surface area contributed by atoms with Crippen molar-refractivity contribution in [1.82, 2.24) is 4.98 Å². The number of halogens is 1. The van der Waals surface area contributed by atoms with Gasteiger partial charge in [-0.05, 0) is 26.0 Å². The summed E-state index contributed by atoms with van der Waals surface area (Å²) in [6, 6.07) is 2.97. The molecule has 1 fully saturated rings. The van der Waals surface area contributed by atoms with Crippen LogP contribution in [0.4, 0.5) is 5.82 Å². The first-order valence-corrected chi connectivity index (χ1v) is 6.05. The molecule has 0 aromatic carbocycles. The van der Waals surface area contributed by atoms with Gasteiger partial charge in [0.25, 0.3) is 0 Å². The maximum absolute atomic E-state index is 11.2. The maximum Gasteiger partial charge on any atom is 0.339 e. The topological polar surface area (TPSA) is 62.7 Å². The molecule has 1 aromatic rings. The number of anilines is 1. The molecular formula is C12H15ClN2O3. The Morgan fingerprint density at radius 1 is 1.56 bits per heavy atom. The van der Waals surface area contributed by atoms with Crippen molar-refractivity contribution in [3.05, 3.63) is 22.8 Å². The minimum Gasteiger partial charge on any atom is -0.478 e. The third-order valence-corrected chi connectivity index (χ3v) is 3.18. The van der Waals surface area contributed by atoms with Gasteiger partial charge in [0.05, 0.1) is 18.8 Å². The summed E-state index contributed by atoms with van der Waals surface area (Å²) >= 11 is 5.87. The molecule has 1 N–H and O–H groups in total. The van der Waals surface area contributed by atoms with Gasteiger partial charge in [-0.3, -0.25) is 0 Å².